The zero-order chi connectivity index (χ0) is 43.8. The van der Waals surface area contributed by atoms with Crippen molar-refractivity contribution in [3.05, 3.63) is 41.7 Å². The van der Waals surface area contributed by atoms with E-state index in [4.69, 9.17) is 11.5 Å². The zero-order valence-corrected chi connectivity index (χ0v) is 34.7. The molecule has 328 valence electrons. The summed E-state index contributed by atoms with van der Waals surface area (Å²) in [5, 5.41) is 30.0. The van der Waals surface area contributed by atoms with Crippen LogP contribution < -0.4 is 32.7 Å². The highest BCUT2D eigenvalue weighted by molar-refractivity contribution is 7.92. The Morgan fingerprint density at radius 1 is 0.933 bits per heavy atom. The number of ketones is 1. The molecule has 2 unspecified atom stereocenters. The molecule has 60 heavy (non-hydrogen) atoms. The van der Waals surface area contributed by atoms with Gasteiger partial charge >= 0.3 is 6.03 Å². The maximum Gasteiger partial charge on any atom is 0.315 e. The number of amides is 7. The van der Waals surface area contributed by atoms with Crippen molar-refractivity contribution in [2.75, 3.05) is 18.8 Å². The van der Waals surface area contributed by atoms with Crippen molar-refractivity contribution in [2.45, 2.75) is 132 Å². The van der Waals surface area contributed by atoms with Gasteiger partial charge in [0.05, 0.1) is 28.9 Å². The number of primary amides is 2. The molecule has 2 aliphatic carbocycles. The second kappa shape index (κ2) is 19.7. The maximum absolute atomic E-state index is 14.8. The van der Waals surface area contributed by atoms with E-state index in [2.05, 4.69) is 31.6 Å². The third-order valence-corrected chi connectivity index (χ3v) is 12.8. The molecule has 4 atom stereocenters. The summed E-state index contributed by atoms with van der Waals surface area (Å²) >= 11 is 0. The van der Waals surface area contributed by atoms with Gasteiger partial charge in [0.2, 0.25) is 23.5 Å². The molecule has 0 radical (unpaired) electrons. The van der Waals surface area contributed by atoms with Crippen LogP contribution in [0.15, 0.2) is 35.4 Å². The van der Waals surface area contributed by atoms with Crippen LogP contribution in [0.25, 0.3) is 0 Å². The average molecular weight is 857 g/mol. The van der Waals surface area contributed by atoms with Crippen LogP contribution >= 0.6 is 0 Å². The Bertz CT molecular complexity index is 2020. The molecule has 7 amide bonds. The summed E-state index contributed by atoms with van der Waals surface area (Å²) in [6, 6.07) is 0.303. The SMILES string of the molecule is CC(C)(O)c1cnnn1[C@H]1C[C@@H](C(=O)NC(CCCCNC(=O)NC2CC2)C(=O)C(N)=O)N(C(=O)C(CC2CCCCC2)NC(=O)c2ccc(S(=O)(=O)CC(N)=O)cc2)C1. The van der Waals surface area contributed by atoms with Crippen LogP contribution in [0.5, 0.6) is 0 Å². The van der Waals surface area contributed by atoms with Gasteiger partial charge in [0.25, 0.3) is 11.8 Å². The third-order valence-electron chi connectivity index (χ3n) is 11.1. The quantitative estimate of drug-likeness (QED) is 0.0676. The number of benzene rings is 1. The fraction of sp³-hybridized carbons (Fsp3) is 0.615. The number of carbonyl (C=O) groups is 7. The van der Waals surface area contributed by atoms with Crippen molar-refractivity contribution in [2.24, 2.45) is 17.4 Å². The summed E-state index contributed by atoms with van der Waals surface area (Å²) in [6.07, 6.45) is 8.71. The summed E-state index contributed by atoms with van der Waals surface area (Å²) in [6.45, 7) is 3.25. The van der Waals surface area contributed by atoms with E-state index in [0.29, 0.717) is 18.5 Å². The number of nitrogens with two attached hydrogens (primary N) is 2. The van der Waals surface area contributed by atoms with Crippen LogP contribution in [-0.4, -0.2) is 118 Å². The van der Waals surface area contributed by atoms with Crippen molar-refractivity contribution in [3.63, 3.8) is 0 Å². The molecule has 0 spiro atoms. The molecule has 2 saturated carbocycles. The normalized spacial score (nSPS) is 19.5. The summed E-state index contributed by atoms with van der Waals surface area (Å²) in [4.78, 5) is 92.4. The zero-order valence-electron chi connectivity index (χ0n) is 33.9. The molecule has 1 aromatic carbocycles. The summed E-state index contributed by atoms with van der Waals surface area (Å²) in [7, 11) is -4.05. The van der Waals surface area contributed by atoms with Gasteiger partial charge in [-0.25, -0.2) is 17.9 Å². The van der Waals surface area contributed by atoms with Crippen molar-refractivity contribution in [3.8, 4) is 0 Å². The number of unbranched alkanes of at least 4 members (excludes halogenated alkanes) is 1. The number of nitrogens with zero attached hydrogens (tertiary/aromatic N) is 4. The first-order valence-electron chi connectivity index (χ1n) is 20.4. The molecule has 20 nitrogen and oxygen atoms in total. The summed E-state index contributed by atoms with van der Waals surface area (Å²) in [5.74, 6) is -6.23. The van der Waals surface area contributed by atoms with Crippen LogP contribution in [0.3, 0.4) is 0 Å². The highest BCUT2D eigenvalue weighted by Crippen LogP contribution is 2.34. The van der Waals surface area contributed by atoms with Gasteiger partial charge in [0.15, 0.2) is 9.84 Å². The Morgan fingerprint density at radius 2 is 1.62 bits per heavy atom. The average Bonchev–Trinajstić information content (AvgIpc) is 3.64. The fourth-order valence-electron chi connectivity index (χ4n) is 7.79. The van der Waals surface area contributed by atoms with Crippen molar-refractivity contribution in [1.82, 2.24) is 41.2 Å². The smallest absolute Gasteiger partial charge is 0.315 e. The molecular formula is C39H56N10O10S. The predicted molar refractivity (Wildman–Crippen MR) is 214 cm³/mol. The van der Waals surface area contributed by atoms with E-state index in [1.165, 1.54) is 53.9 Å². The first-order valence-corrected chi connectivity index (χ1v) is 22.0. The number of nitrogens with one attached hydrogen (secondary N) is 4. The molecule has 1 aromatic heterocycles. The Balaban J connectivity index is 1.39. The Kier molecular flexibility index (Phi) is 15.0. The molecule has 2 aromatic rings. The second-order valence-electron chi connectivity index (χ2n) is 16.5. The number of hydrogen-bond donors (Lipinski definition) is 7. The minimum Gasteiger partial charge on any atom is -0.384 e. The van der Waals surface area contributed by atoms with Gasteiger partial charge in [0, 0.05) is 31.1 Å². The van der Waals surface area contributed by atoms with Gasteiger partial charge < -0.3 is 42.7 Å². The standard InChI is InChI=1S/C39H56N10O10S/c1-39(2,57)31-20-43-47-49(31)26-19-30(36(54)45-28(33(51)34(41)52)10-6-7-17-42-38(56)44-25-13-14-25)48(21-26)37(55)29(18-23-8-4-3-5-9-23)46-35(53)24-11-15-27(16-12-24)60(58,59)22-32(40)50/h11-12,15-16,20,23,25-26,28-30,57H,3-10,13-14,17-19,21-22H2,1-2H3,(H2,40,50)(H2,41,52)(H,45,54)(H,46,53)(H2,42,44,56)/t26-,28?,29?,30-/m0/s1. The maximum atomic E-state index is 14.8. The Hall–Kier alpha value is -5.44. The Morgan fingerprint density at radius 3 is 2.23 bits per heavy atom. The molecule has 9 N–H and O–H groups in total. The summed E-state index contributed by atoms with van der Waals surface area (Å²) in [5.41, 5.74) is 9.41. The number of carbonyl (C=O) groups excluding carboxylic acids is 7. The van der Waals surface area contributed by atoms with Crippen LogP contribution in [0, 0.1) is 5.92 Å². The number of hydrogen-bond acceptors (Lipinski definition) is 12. The first kappa shape index (κ1) is 45.6. The van der Waals surface area contributed by atoms with E-state index in [9.17, 15) is 47.1 Å². The highest BCUT2D eigenvalue weighted by atomic mass is 32.2. The minimum atomic E-state index is -4.05. The van der Waals surface area contributed by atoms with E-state index in [1.807, 2.05) is 0 Å². The topological polar surface area (TPSA) is 308 Å². The van der Waals surface area contributed by atoms with E-state index >= 15 is 0 Å². The molecule has 21 heteroatoms. The number of urea groups is 1. The molecule has 1 saturated heterocycles. The van der Waals surface area contributed by atoms with Crippen LogP contribution in [0.2, 0.25) is 0 Å². The van der Waals surface area contributed by atoms with Crippen LogP contribution in [0.4, 0.5) is 4.79 Å². The number of aliphatic hydroxyl groups is 1. The number of rotatable bonds is 20. The molecule has 0 bridgehead atoms. The van der Waals surface area contributed by atoms with Gasteiger partial charge in [-0.2, -0.15) is 0 Å². The highest BCUT2D eigenvalue weighted by Gasteiger charge is 2.45. The Labute approximate surface area is 348 Å². The molecule has 2 heterocycles. The van der Waals surface area contributed by atoms with E-state index < -0.39 is 80.7 Å². The van der Waals surface area contributed by atoms with Crippen molar-refractivity contribution >= 4 is 51.2 Å². The largest absolute Gasteiger partial charge is 0.384 e. The number of Topliss-reactive ketones (excluding diaryl/α,β-unsaturated/α-hetero) is 1. The van der Waals surface area contributed by atoms with Gasteiger partial charge in [-0.15, -0.1) is 5.10 Å². The molecular weight excluding hydrogens is 801 g/mol. The third kappa shape index (κ3) is 12.3. The van der Waals surface area contributed by atoms with Crippen molar-refractivity contribution < 1.29 is 47.1 Å². The minimum absolute atomic E-state index is 0.0123. The van der Waals surface area contributed by atoms with Crippen molar-refractivity contribution in [1.29, 1.82) is 0 Å². The van der Waals surface area contributed by atoms with Gasteiger partial charge in [0.1, 0.15) is 23.4 Å². The second-order valence-corrected chi connectivity index (χ2v) is 18.5. The molecule has 1 aliphatic heterocycles. The van der Waals surface area contributed by atoms with E-state index in [-0.39, 0.29) is 60.8 Å². The number of aromatic nitrogens is 3. The number of likely N-dealkylation sites (tertiary alicyclic amines) is 1. The van der Waals surface area contributed by atoms with Gasteiger partial charge in [-0.05, 0) is 82.6 Å². The predicted octanol–water partition coefficient (Wildman–Crippen LogP) is -0.153. The monoisotopic (exact) mass is 856 g/mol. The summed E-state index contributed by atoms with van der Waals surface area (Å²) < 4.78 is 26.5. The fourth-order valence-corrected chi connectivity index (χ4v) is 8.88. The van der Waals surface area contributed by atoms with E-state index in [1.54, 1.807) is 0 Å². The van der Waals surface area contributed by atoms with Crippen LogP contribution in [-0.2, 0) is 39.4 Å². The van der Waals surface area contributed by atoms with Gasteiger partial charge in [-0.3, -0.25) is 28.8 Å². The van der Waals surface area contributed by atoms with E-state index in [0.717, 1.165) is 44.9 Å². The molecule has 3 fully saturated rings. The lowest BCUT2D eigenvalue weighted by atomic mass is 9.84. The lowest BCUT2D eigenvalue weighted by molar-refractivity contribution is -0.142. The molecule has 3 aliphatic rings. The van der Waals surface area contributed by atoms with Crippen LogP contribution in [0.1, 0.15) is 113 Å². The lowest BCUT2D eigenvalue weighted by Gasteiger charge is -2.32. The van der Waals surface area contributed by atoms with Gasteiger partial charge in [-0.1, -0.05) is 37.3 Å². The first-order chi connectivity index (χ1) is 28.3. The molecule has 5 rings (SSSR count). The lowest BCUT2D eigenvalue weighted by Crippen LogP contribution is -2.56. The number of sulfone groups is 1.